The summed E-state index contributed by atoms with van der Waals surface area (Å²) in [7, 11) is 0. The van der Waals surface area contributed by atoms with E-state index in [1.807, 2.05) is 47.2 Å². The number of hydrogen-bond donors (Lipinski definition) is 1. The Morgan fingerprint density at radius 3 is 2.65 bits per heavy atom. The van der Waals surface area contributed by atoms with E-state index in [0.29, 0.717) is 23.8 Å². The van der Waals surface area contributed by atoms with Crippen molar-refractivity contribution in [3.63, 3.8) is 0 Å². The molecule has 1 unspecified atom stereocenters. The predicted octanol–water partition coefficient (Wildman–Crippen LogP) is 3.21. The largest absolute Gasteiger partial charge is 0.481 e. The van der Waals surface area contributed by atoms with Gasteiger partial charge in [0.25, 0.3) is 5.91 Å². The summed E-state index contributed by atoms with van der Waals surface area (Å²) in [6.07, 6.45) is 2.75. The van der Waals surface area contributed by atoms with Crippen LogP contribution >= 0.6 is 0 Å². The van der Waals surface area contributed by atoms with E-state index in [2.05, 4.69) is 10.3 Å². The molecule has 1 atom stereocenters. The first-order valence-corrected chi connectivity index (χ1v) is 8.18. The number of carbonyl (C=O) groups is 1. The summed E-state index contributed by atoms with van der Waals surface area (Å²) < 4.78 is 7.49. The number of aromatic nitrogens is 2. The van der Waals surface area contributed by atoms with Crippen LogP contribution in [0.3, 0.4) is 0 Å². The summed E-state index contributed by atoms with van der Waals surface area (Å²) in [5.74, 6) is 0.697. The molecule has 0 spiro atoms. The van der Waals surface area contributed by atoms with Crippen molar-refractivity contribution in [2.45, 2.75) is 19.6 Å². The summed E-state index contributed by atoms with van der Waals surface area (Å²) in [5, 5.41) is 11.6. The average Bonchev–Trinajstić information content (AvgIpc) is 3.09. The van der Waals surface area contributed by atoms with E-state index < -0.39 is 6.10 Å². The normalized spacial score (nSPS) is 11.4. The van der Waals surface area contributed by atoms with Gasteiger partial charge < -0.3 is 9.30 Å². The van der Waals surface area contributed by atoms with E-state index in [-0.39, 0.29) is 5.91 Å². The summed E-state index contributed by atoms with van der Waals surface area (Å²) in [6, 6.07) is 18.6. The van der Waals surface area contributed by atoms with Gasteiger partial charge in [0.05, 0.1) is 18.2 Å². The topological polar surface area (TPSA) is 79.9 Å². The number of rotatable bonds is 6. The molecule has 0 fully saturated rings. The predicted molar refractivity (Wildman–Crippen MR) is 97.6 cm³/mol. The molecule has 0 aliphatic carbocycles. The Kier molecular flexibility index (Phi) is 5.30. The van der Waals surface area contributed by atoms with Gasteiger partial charge in [0, 0.05) is 12.4 Å². The molecule has 6 heteroatoms. The molecule has 130 valence electrons. The lowest BCUT2D eigenvalue weighted by Crippen LogP contribution is -2.31. The lowest BCUT2D eigenvalue weighted by Gasteiger charge is -2.15. The minimum atomic E-state index is -0.704. The second kappa shape index (κ2) is 7.99. The highest BCUT2D eigenvalue weighted by atomic mass is 16.5. The van der Waals surface area contributed by atoms with Crippen LogP contribution in [0.2, 0.25) is 0 Å². The molecule has 0 aliphatic rings. The van der Waals surface area contributed by atoms with E-state index >= 15 is 0 Å². The summed E-state index contributed by atoms with van der Waals surface area (Å²) in [6.45, 7) is 2.28. The summed E-state index contributed by atoms with van der Waals surface area (Å²) >= 11 is 0. The molecule has 1 N–H and O–H groups in total. The molecule has 0 aliphatic heterocycles. The van der Waals surface area contributed by atoms with Crippen molar-refractivity contribution in [1.82, 2.24) is 9.55 Å². The number of amides is 1. The zero-order chi connectivity index (χ0) is 18.4. The van der Waals surface area contributed by atoms with Crippen molar-refractivity contribution in [1.29, 1.82) is 5.26 Å². The standard InChI is InChI=1S/C20H18N4O2/c1-15(26-18-9-7-16(13-21)8-10-18)19(25)23-20-22-11-12-24(20)14-17-5-3-2-4-6-17/h2-12,15H,14H2,1H3,(H,22,23,25). The average molecular weight is 346 g/mol. The van der Waals surface area contributed by atoms with Crippen LogP contribution in [-0.4, -0.2) is 21.6 Å². The number of benzene rings is 2. The number of imidazole rings is 1. The zero-order valence-electron chi connectivity index (χ0n) is 14.3. The Hall–Kier alpha value is -3.59. The van der Waals surface area contributed by atoms with Crippen LogP contribution in [0.25, 0.3) is 0 Å². The lowest BCUT2D eigenvalue weighted by atomic mass is 10.2. The van der Waals surface area contributed by atoms with E-state index in [9.17, 15) is 4.79 Å². The number of ether oxygens (including phenoxy) is 1. The fraction of sp³-hybridized carbons (Fsp3) is 0.150. The molecular formula is C20H18N4O2. The highest BCUT2D eigenvalue weighted by molar-refractivity contribution is 5.92. The second-order valence-corrected chi connectivity index (χ2v) is 5.75. The van der Waals surface area contributed by atoms with Gasteiger partial charge >= 0.3 is 0 Å². The summed E-state index contributed by atoms with van der Waals surface area (Å²) in [5.41, 5.74) is 1.65. The Morgan fingerprint density at radius 2 is 1.96 bits per heavy atom. The minimum Gasteiger partial charge on any atom is -0.481 e. The molecular weight excluding hydrogens is 328 g/mol. The molecule has 0 saturated heterocycles. The third kappa shape index (κ3) is 4.28. The number of nitrogens with one attached hydrogen (secondary N) is 1. The quantitative estimate of drug-likeness (QED) is 0.743. The monoisotopic (exact) mass is 346 g/mol. The van der Waals surface area contributed by atoms with Crippen LogP contribution < -0.4 is 10.1 Å². The number of nitrogens with zero attached hydrogens (tertiary/aromatic N) is 3. The van der Waals surface area contributed by atoms with Gasteiger partial charge in [-0.15, -0.1) is 0 Å². The van der Waals surface area contributed by atoms with E-state index in [1.165, 1.54) is 0 Å². The lowest BCUT2D eigenvalue weighted by molar-refractivity contribution is -0.122. The van der Waals surface area contributed by atoms with Gasteiger partial charge in [0.15, 0.2) is 6.10 Å². The van der Waals surface area contributed by atoms with Gasteiger partial charge in [-0.2, -0.15) is 5.26 Å². The molecule has 1 aromatic heterocycles. The Balaban J connectivity index is 1.62. The molecule has 3 aromatic rings. The SMILES string of the molecule is CC(Oc1ccc(C#N)cc1)C(=O)Nc1nccn1Cc1ccccc1. The Labute approximate surface area is 151 Å². The first-order chi connectivity index (χ1) is 12.7. The molecule has 0 bridgehead atoms. The van der Waals surface area contributed by atoms with Gasteiger partial charge in [-0.25, -0.2) is 4.98 Å². The Morgan fingerprint density at radius 1 is 1.23 bits per heavy atom. The molecule has 0 radical (unpaired) electrons. The molecule has 26 heavy (non-hydrogen) atoms. The van der Waals surface area contributed by atoms with Crippen LogP contribution in [0, 0.1) is 11.3 Å². The molecule has 3 rings (SSSR count). The second-order valence-electron chi connectivity index (χ2n) is 5.75. The maximum atomic E-state index is 12.4. The van der Waals surface area contributed by atoms with Gasteiger partial charge in [-0.3, -0.25) is 10.1 Å². The maximum Gasteiger partial charge on any atom is 0.267 e. The molecule has 0 saturated carbocycles. The van der Waals surface area contributed by atoms with Crippen LogP contribution in [0.4, 0.5) is 5.95 Å². The van der Waals surface area contributed by atoms with Crippen molar-refractivity contribution < 1.29 is 9.53 Å². The summed E-state index contributed by atoms with van der Waals surface area (Å²) in [4.78, 5) is 16.6. The van der Waals surface area contributed by atoms with Crippen molar-refractivity contribution >= 4 is 11.9 Å². The van der Waals surface area contributed by atoms with E-state index in [0.717, 1.165) is 5.56 Å². The van der Waals surface area contributed by atoms with E-state index in [4.69, 9.17) is 10.00 Å². The van der Waals surface area contributed by atoms with Gasteiger partial charge in [0.1, 0.15) is 5.75 Å². The van der Waals surface area contributed by atoms with Crippen LogP contribution in [0.1, 0.15) is 18.1 Å². The first kappa shape index (κ1) is 17.2. The van der Waals surface area contributed by atoms with Gasteiger partial charge in [-0.05, 0) is 36.8 Å². The Bertz CT molecular complexity index is 911. The third-order valence-corrected chi connectivity index (χ3v) is 3.81. The van der Waals surface area contributed by atoms with Crippen molar-refractivity contribution in [3.8, 4) is 11.8 Å². The van der Waals surface area contributed by atoms with Crippen molar-refractivity contribution in [2.75, 3.05) is 5.32 Å². The van der Waals surface area contributed by atoms with Crippen LogP contribution in [-0.2, 0) is 11.3 Å². The first-order valence-electron chi connectivity index (χ1n) is 8.18. The number of hydrogen-bond acceptors (Lipinski definition) is 4. The molecule has 1 amide bonds. The molecule has 1 heterocycles. The van der Waals surface area contributed by atoms with Crippen LogP contribution in [0.5, 0.6) is 5.75 Å². The molecule has 2 aromatic carbocycles. The number of carbonyl (C=O) groups excluding carboxylic acids is 1. The van der Waals surface area contributed by atoms with Crippen molar-refractivity contribution in [2.24, 2.45) is 0 Å². The van der Waals surface area contributed by atoms with Gasteiger partial charge in [0.2, 0.25) is 5.95 Å². The zero-order valence-corrected chi connectivity index (χ0v) is 14.3. The highest BCUT2D eigenvalue weighted by Gasteiger charge is 2.17. The smallest absolute Gasteiger partial charge is 0.267 e. The molecule has 6 nitrogen and oxygen atoms in total. The van der Waals surface area contributed by atoms with Gasteiger partial charge in [-0.1, -0.05) is 30.3 Å². The van der Waals surface area contributed by atoms with Crippen molar-refractivity contribution in [3.05, 3.63) is 78.1 Å². The maximum absolute atomic E-state index is 12.4. The number of anilines is 1. The fourth-order valence-electron chi connectivity index (χ4n) is 2.42. The van der Waals surface area contributed by atoms with E-state index in [1.54, 1.807) is 37.4 Å². The van der Waals surface area contributed by atoms with Crippen LogP contribution in [0.15, 0.2) is 67.0 Å². The third-order valence-electron chi connectivity index (χ3n) is 3.81. The highest BCUT2D eigenvalue weighted by Crippen LogP contribution is 2.15. The fourth-order valence-corrected chi connectivity index (χ4v) is 2.42. The number of nitriles is 1. The minimum absolute atomic E-state index is 0.296.